The van der Waals surface area contributed by atoms with E-state index in [0.29, 0.717) is 5.92 Å². The van der Waals surface area contributed by atoms with Gasteiger partial charge in [-0.2, -0.15) is 0 Å². The molecule has 0 saturated carbocycles. The third kappa shape index (κ3) is 3.47. The topological polar surface area (TPSA) is 45.2 Å². The summed E-state index contributed by atoms with van der Waals surface area (Å²) in [5, 5.41) is 0. The van der Waals surface area contributed by atoms with Gasteiger partial charge in [0.15, 0.2) is 0 Å². The fourth-order valence-corrected chi connectivity index (χ4v) is 3.85. The monoisotopic (exact) mass is 323 g/mol. The van der Waals surface area contributed by atoms with Crippen LogP contribution in [0.15, 0.2) is 30.7 Å². The number of likely N-dealkylation sites (N-methyl/N-ethyl adjacent to an activating group) is 1. The molecular weight excluding hydrogens is 298 g/mol. The van der Waals surface area contributed by atoms with Gasteiger partial charge in [-0.3, -0.25) is 9.88 Å². The Morgan fingerprint density at radius 2 is 2.08 bits per heavy atom. The third-order valence-corrected chi connectivity index (χ3v) is 5.18. The fourth-order valence-electron chi connectivity index (χ4n) is 3.85. The van der Waals surface area contributed by atoms with Crippen LogP contribution >= 0.6 is 0 Å². The zero-order chi connectivity index (χ0) is 16.4. The van der Waals surface area contributed by atoms with E-state index in [0.717, 1.165) is 38.4 Å². The van der Waals surface area contributed by atoms with Crippen molar-refractivity contribution in [1.82, 2.24) is 24.8 Å². The maximum Gasteiger partial charge on any atom is 0.132 e. The number of hydrogen-bond donors (Lipinski definition) is 0. The summed E-state index contributed by atoms with van der Waals surface area (Å²) in [4.78, 5) is 18.6. The average molecular weight is 323 g/mol. The smallest absolute Gasteiger partial charge is 0.132 e. The van der Waals surface area contributed by atoms with Crippen molar-refractivity contribution >= 4 is 0 Å². The van der Waals surface area contributed by atoms with Gasteiger partial charge in [-0.05, 0) is 44.1 Å². The molecule has 126 valence electrons. The predicted molar refractivity (Wildman–Crippen MR) is 93.6 cm³/mol. The van der Waals surface area contributed by atoms with Crippen molar-refractivity contribution in [1.29, 1.82) is 0 Å². The molecule has 1 fully saturated rings. The Hall–Kier alpha value is -1.85. The molecule has 1 saturated heterocycles. The first-order valence-electron chi connectivity index (χ1n) is 8.92. The third-order valence-electron chi connectivity index (χ3n) is 5.18. The maximum atomic E-state index is 4.94. The van der Waals surface area contributed by atoms with Gasteiger partial charge in [0, 0.05) is 68.4 Å². The van der Waals surface area contributed by atoms with Crippen LogP contribution in [0, 0.1) is 0 Å². The number of pyridine rings is 1. The van der Waals surface area contributed by atoms with Gasteiger partial charge in [0.05, 0.1) is 0 Å². The standard InChI is InChI=1S/C19H25N5/c1-23-9-2-3-16(13-23)19-21-11-17-14-24(10-6-18(17)22-19)12-15-4-7-20-8-5-15/h4-5,7-8,11,16H,2-3,6,9-10,12-14H2,1H3/t16-/m1/s1. The molecule has 4 rings (SSSR count). The Kier molecular flexibility index (Phi) is 4.54. The molecule has 5 nitrogen and oxygen atoms in total. The van der Waals surface area contributed by atoms with E-state index in [1.165, 1.54) is 36.2 Å². The first-order valence-corrected chi connectivity index (χ1v) is 8.92. The number of piperidine rings is 1. The second-order valence-electron chi connectivity index (χ2n) is 7.12. The zero-order valence-electron chi connectivity index (χ0n) is 14.4. The van der Waals surface area contributed by atoms with Crippen LogP contribution in [0.25, 0.3) is 0 Å². The highest BCUT2D eigenvalue weighted by Crippen LogP contribution is 2.26. The summed E-state index contributed by atoms with van der Waals surface area (Å²) < 4.78 is 0. The first kappa shape index (κ1) is 15.7. The van der Waals surface area contributed by atoms with Gasteiger partial charge in [0.25, 0.3) is 0 Å². The van der Waals surface area contributed by atoms with E-state index in [2.05, 4.69) is 40.2 Å². The van der Waals surface area contributed by atoms with Crippen LogP contribution in [0.5, 0.6) is 0 Å². The number of fused-ring (bicyclic) bond motifs is 1. The minimum Gasteiger partial charge on any atom is -0.306 e. The molecule has 0 unspecified atom stereocenters. The maximum absolute atomic E-state index is 4.94. The van der Waals surface area contributed by atoms with E-state index in [9.17, 15) is 0 Å². The summed E-state index contributed by atoms with van der Waals surface area (Å²) in [6, 6.07) is 4.18. The molecule has 0 aromatic carbocycles. The molecule has 0 N–H and O–H groups in total. The van der Waals surface area contributed by atoms with Crippen LogP contribution in [0.3, 0.4) is 0 Å². The van der Waals surface area contributed by atoms with Crippen LogP contribution < -0.4 is 0 Å². The lowest BCUT2D eigenvalue weighted by Crippen LogP contribution is -2.33. The largest absolute Gasteiger partial charge is 0.306 e. The number of hydrogen-bond acceptors (Lipinski definition) is 5. The molecule has 2 aromatic rings. The summed E-state index contributed by atoms with van der Waals surface area (Å²) in [5.41, 5.74) is 3.87. The molecule has 0 aliphatic carbocycles. The van der Waals surface area contributed by atoms with Crippen molar-refractivity contribution in [3.05, 3.63) is 53.4 Å². The molecule has 2 aliphatic rings. The van der Waals surface area contributed by atoms with Gasteiger partial charge in [-0.15, -0.1) is 0 Å². The van der Waals surface area contributed by atoms with Gasteiger partial charge < -0.3 is 4.90 Å². The lowest BCUT2D eigenvalue weighted by Gasteiger charge is -2.31. The van der Waals surface area contributed by atoms with E-state index in [-0.39, 0.29) is 0 Å². The molecule has 0 amide bonds. The number of rotatable bonds is 3. The van der Waals surface area contributed by atoms with Gasteiger partial charge >= 0.3 is 0 Å². The second-order valence-corrected chi connectivity index (χ2v) is 7.12. The molecular formula is C19H25N5. The minimum absolute atomic E-state index is 0.504. The summed E-state index contributed by atoms with van der Waals surface area (Å²) in [5.74, 6) is 1.56. The fraction of sp³-hybridized carbons (Fsp3) is 0.526. The van der Waals surface area contributed by atoms with E-state index in [4.69, 9.17) is 9.97 Å². The van der Waals surface area contributed by atoms with Crippen molar-refractivity contribution < 1.29 is 0 Å². The highest BCUT2D eigenvalue weighted by molar-refractivity contribution is 5.22. The van der Waals surface area contributed by atoms with Crippen LogP contribution in [-0.2, 0) is 19.5 Å². The van der Waals surface area contributed by atoms with Gasteiger partial charge in [-0.25, -0.2) is 9.97 Å². The molecule has 0 bridgehead atoms. The molecule has 24 heavy (non-hydrogen) atoms. The summed E-state index contributed by atoms with van der Waals surface area (Å²) >= 11 is 0. The summed E-state index contributed by atoms with van der Waals surface area (Å²) in [7, 11) is 2.20. The molecule has 4 heterocycles. The highest BCUT2D eigenvalue weighted by Gasteiger charge is 2.24. The number of aromatic nitrogens is 3. The molecule has 5 heteroatoms. The van der Waals surface area contributed by atoms with Gasteiger partial charge in [-0.1, -0.05) is 0 Å². The van der Waals surface area contributed by atoms with Gasteiger partial charge in [0.2, 0.25) is 0 Å². The van der Waals surface area contributed by atoms with Crippen LogP contribution in [-0.4, -0.2) is 51.4 Å². The summed E-state index contributed by atoms with van der Waals surface area (Å²) in [6.45, 7) is 5.27. The lowest BCUT2D eigenvalue weighted by atomic mass is 9.97. The average Bonchev–Trinajstić information content (AvgIpc) is 2.62. The molecule has 1 atom stereocenters. The Labute approximate surface area is 143 Å². The Morgan fingerprint density at radius 1 is 1.21 bits per heavy atom. The van der Waals surface area contributed by atoms with Crippen molar-refractivity contribution in [2.75, 3.05) is 26.7 Å². The minimum atomic E-state index is 0.504. The lowest BCUT2D eigenvalue weighted by molar-refractivity contribution is 0.236. The molecule has 0 radical (unpaired) electrons. The van der Waals surface area contributed by atoms with E-state index in [1.807, 2.05) is 12.4 Å². The zero-order valence-corrected chi connectivity index (χ0v) is 14.4. The highest BCUT2D eigenvalue weighted by atomic mass is 15.1. The van der Waals surface area contributed by atoms with E-state index < -0.39 is 0 Å². The van der Waals surface area contributed by atoms with Crippen molar-refractivity contribution in [2.45, 2.75) is 38.3 Å². The number of nitrogens with zero attached hydrogens (tertiary/aromatic N) is 5. The van der Waals surface area contributed by atoms with Crippen LogP contribution in [0.1, 0.15) is 41.4 Å². The predicted octanol–water partition coefficient (Wildman–Crippen LogP) is 2.24. The van der Waals surface area contributed by atoms with Crippen molar-refractivity contribution in [2.24, 2.45) is 0 Å². The quantitative estimate of drug-likeness (QED) is 0.867. The van der Waals surface area contributed by atoms with Crippen molar-refractivity contribution in [3.8, 4) is 0 Å². The molecule has 2 aromatic heterocycles. The summed E-state index contributed by atoms with van der Waals surface area (Å²) in [6.07, 6.45) is 9.30. The van der Waals surface area contributed by atoms with E-state index >= 15 is 0 Å². The SMILES string of the molecule is CN1CCC[C@@H](c2ncc3c(n2)CCN(Cc2ccncc2)C3)C1. The van der Waals surface area contributed by atoms with Crippen LogP contribution in [0.4, 0.5) is 0 Å². The normalized spacial score (nSPS) is 22.3. The van der Waals surface area contributed by atoms with E-state index in [1.54, 1.807) is 0 Å². The van der Waals surface area contributed by atoms with Gasteiger partial charge in [0.1, 0.15) is 5.82 Å². The first-order chi connectivity index (χ1) is 11.8. The Balaban J connectivity index is 1.45. The number of likely N-dealkylation sites (tertiary alicyclic amines) is 1. The molecule has 0 spiro atoms. The van der Waals surface area contributed by atoms with Crippen molar-refractivity contribution in [3.63, 3.8) is 0 Å². The second kappa shape index (κ2) is 6.95. The molecule has 2 aliphatic heterocycles. The van der Waals surface area contributed by atoms with Crippen LogP contribution in [0.2, 0.25) is 0 Å². The Bertz CT molecular complexity index is 687. The Morgan fingerprint density at radius 3 is 2.92 bits per heavy atom.